The third kappa shape index (κ3) is 2.08. The van der Waals surface area contributed by atoms with E-state index in [0.717, 1.165) is 0 Å². The molecule has 0 N–H and O–H groups in total. The van der Waals surface area contributed by atoms with Gasteiger partial charge < -0.3 is 4.90 Å². The van der Waals surface area contributed by atoms with E-state index in [0.29, 0.717) is 11.8 Å². The lowest BCUT2D eigenvalue weighted by Gasteiger charge is -2.15. The maximum absolute atomic E-state index is 12.9. The van der Waals surface area contributed by atoms with Crippen LogP contribution in [-0.2, 0) is 0 Å². The van der Waals surface area contributed by atoms with Gasteiger partial charge in [-0.3, -0.25) is 4.79 Å². The van der Waals surface area contributed by atoms with Gasteiger partial charge in [0.2, 0.25) is 5.95 Å². The molecule has 1 aromatic heterocycles. The Labute approximate surface area is 84.9 Å². The lowest BCUT2D eigenvalue weighted by atomic mass is 10.3. The SMILES string of the molecule is O=Cc1cnc(N2CCC(F)(F)C2)nc1. The average Bonchev–Trinajstić information content (AvgIpc) is 2.59. The van der Waals surface area contributed by atoms with E-state index in [1.807, 2.05) is 0 Å². The molecule has 0 unspecified atom stereocenters. The second kappa shape index (κ2) is 3.52. The largest absolute Gasteiger partial charge is 0.335 e. The van der Waals surface area contributed by atoms with Gasteiger partial charge in [-0.1, -0.05) is 0 Å². The Hall–Kier alpha value is -1.59. The van der Waals surface area contributed by atoms with Crippen molar-refractivity contribution in [3.05, 3.63) is 18.0 Å². The van der Waals surface area contributed by atoms with Crippen molar-refractivity contribution < 1.29 is 13.6 Å². The molecule has 2 rings (SSSR count). The fourth-order valence-electron chi connectivity index (χ4n) is 1.46. The average molecular weight is 213 g/mol. The van der Waals surface area contributed by atoms with E-state index in [-0.39, 0.29) is 25.5 Å². The summed E-state index contributed by atoms with van der Waals surface area (Å²) < 4.78 is 25.7. The Kier molecular flexibility index (Phi) is 2.34. The van der Waals surface area contributed by atoms with Gasteiger partial charge in [0.15, 0.2) is 6.29 Å². The topological polar surface area (TPSA) is 46.1 Å². The van der Waals surface area contributed by atoms with E-state index < -0.39 is 5.92 Å². The highest BCUT2D eigenvalue weighted by atomic mass is 19.3. The molecule has 0 aliphatic carbocycles. The van der Waals surface area contributed by atoms with Gasteiger partial charge in [0.1, 0.15) is 0 Å². The molecule has 1 aromatic rings. The second-order valence-electron chi connectivity index (χ2n) is 3.46. The van der Waals surface area contributed by atoms with Crippen LogP contribution < -0.4 is 4.90 Å². The summed E-state index contributed by atoms with van der Waals surface area (Å²) in [6.07, 6.45) is 3.09. The van der Waals surface area contributed by atoms with Gasteiger partial charge in [-0.2, -0.15) is 0 Å². The van der Waals surface area contributed by atoms with E-state index in [4.69, 9.17) is 0 Å². The number of anilines is 1. The fourth-order valence-corrected chi connectivity index (χ4v) is 1.46. The molecular weight excluding hydrogens is 204 g/mol. The van der Waals surface area contributed by atoms with Crippen LogP contribution in [0.15, 0.2) is 12.4 Å². The maximum Gasteiger partial charge on any atom is 0.267 e. The van der Waals surface area contributed by atoms with E-state index in [2.05, 4.69) is 9.97 Å². The summed E-state index contributed by atoms with van der Waals surface area (Å²) in [5.74, 6) is -2.41. The summed E-state index contributed by atoms with van der Waals surface area (Å²) >= 11 is 0. The van der Waals surface area contributed by atoms with Crippen molar-refractivity contribution in [3.63, 3.8) is 0 Å². The summed E-state index contributed by atoms with van der Waals surface area (Å²) in [7, 11) is 0. The van der Waals surface area contributed by atoms with Crippen molar-refractivity contribution in [2.45, 2.75) is 12.3 Å². The minimum atomic E-state index is -2.66. The molecule has 1 saturated heterocycles. The van der Waals surface area contributed by atoms with Crippen LogP contribution in [0.3, 0.4) is 0 Å². The quantitative estimate of drug-likeness (QED) is 0.691. The number of alkyl halides is 2. The monoisotopic (exact) mass is 213 g/mol. The van der Waals surface area contributed by atoms with Crippen LogP contribution in [0.5, 0.6) is 0 Å². The molecule has 1 aliphatic rings. The predicted molar refractivity (Wildman–Crippen MR) is 49.2 cm³/mol. The number of aromatic nitrogens is 2. The summed E-state index contributed by atoms with van der Waals surface area (Å²) in [6.45, 7) is -0.110. The molecule has 15 heavy (non-hydrogen) atoms. The lowest BCUT2D eigenvalue weighted by molar-refractivity contribution is 0.0256. The third-order valence-electron chi connectivity index (χ3n) is 2.25. The molecule has 0 bridgehead atoms. The van der Waals surface area contributed by atoms with Gasteiger partial charge in [-0.15, -0.1) is 0 Å². The molecule has 0 aromatic carbocycles. The summed E-state index contributed by atoms with van der Waals surface area (Å²) in [6, 6.07) is 0. The normalized spacial score (nSPS) is 19.2. The zero-order valence-corrected chi connectivity index (χ0v) is 7.86. The molecule has 1 aliphatic heterocycles. The first-order chi connectivity index (χ1) is 7.11. The van der Waals surface area contributed by atoms with Crippen LogP contribution in [0, 0.1) is 0 Å². The van der Waals surface area contributed by atoms with Crippen LogP contribution in [0.25, 0.3) is 0 Å². The zero-order chi connectivity index (χ0) is 10.9. The van der Waals surface area contributed by atoms with Crippen molar-refractivity contribution in [3.8, 4) is 0 Å². The highest BCUT2D eigenvalue weighted by Crippen LogP contribution is 2.28. The minimum absolute atomic E-state index is 0.175. The molecule has 0 atom stereocenters. The predicted octanol–water partition coefficient (Wildman–Crippen LogP) is 1.13. The smallest absolute Gasteiger partial charge is 0.267 e. The first-order valence-corrected chi connectivity index (χ1v) is 4.51. The van der Waals surface area contributed by atoms with Crippen LogP contribution in [0.4, 0.5) is 14.7 Å². The summed E-state index contributed by atoms with van der Waals surface area (Å²) in [5, 5.41) is 0. The number of hydrogen-bond acceptors (Lipinski definition) is 4. The third-order valence-corrected chi connectivity index (χ3v) is 2.25. The molecule has 6 heteroatoms. The first kappa shape index (κ1) is 9.95. The van der Waals surface area contributed by atoms with E-state index in [1.54, 1.807) is 0 Å². The first-order valence-electron chi connectivity index (χ1n) is 4.51. The molecular formula is C9H9F2N3O. The van der Waals surface area contributed by atoms with Crippen molar-refractivity contribution in [2.24, 2.45) is 0 Å². The van der Waals surface area contributed by atoms with Gasteiger partial charge in [0, 0.05) is 25.4 Å². The molecule has 0 saturated carbocycles. The van der Waals surface area contributed by atoms with Crippen molar-refractivity contribution in [1.82, 2.24) is 9.97 Å². The Morgan fingerprint density at radius 3 is 2.53 bits per heavy atom. The fraction of sp³-hybridized carbons (Fsp3) is 0.444. The van der Waals surface area contributed by atoms with E-state index in [1.165, 1.54) is 17.3 Å². The highest BCUT2D eigenvalue weighted by molar-refractivity contribution is 5.73. The van der Waals surface area contributed by atoms with E-state index in [9.17, 15) is 13.6 Å². The zero-order valence-electron chi connectivity index (χ0n) is 7.86. The standard InChI is InChI=1S/C9H9F2N3O/c10-9(11)1-2-14(6-9)8-12-3-7(5-15)4-13-8/h3-5H,1-2,6H2. The van der Waals surface area contributed by atoms with Gasteiger partial charge in [-0.05, 0) is 0 Å². The van der Waals surface area contributed by atoms with Crippen LogP contribution in [0.1, 0.15) is 16.8 Å². The van der Waals surface area contributed by atoms with Crippen molar-refractivity contribution in [2.75, 3.05) is 18.0 Å². The van der Waals surface area contributed by atoms with Gasteiger partial charge in [-0.25, -0.2) is 18.7 Å². The Bertz CT molecular complexity index is 366. The van der Waals surface area contributed by atoms with E-state index >= 15 is 0 Å². The molecule has 2 heterocycles. The Morgan fingerprint density at radius 2 is 2.07 bits per heavy atom. The minimum Gasteiger partial charge on any atom is -0.335 e. The number of hydrogen-bond donors (Lipinski definition) is 0. The maximum atomic E-state index is 12.9. The van der Waals surface area contributed by atoms with Gasteiger partial charge in [0.25, 0.3) is 5.92 Å². The highest BCUT2D eigenvalue weighted by Gasteiger charge is 2.39. The van der Waals surface area contributed by atoms with Gasteiger partial charge >= 0.3 is 0 Å². The van der Waals surface area contributed by atoms with Crippen molar-refractivity contribution >= 4 is 12.2 Å². The number of rotatable bonds is 2. The second-order valence-corrected chi connectivity index (χ2v) is 3.46. The summed E-state index contributed by atoms with van der Waals surface area (Å²) in [4.78, 5) is 19.4. The number of halogens is 2. The number of carbonyl (C=O) groups is 1. The van der Waals surface area contributed by atoms with Crippen molar-refractivity contribution in [1.29, 1.82) is 0 Å². The molecule has 0 radical (unpaired) electrons. The molecule has 0 spiro atoms. The Morgan fingerprint density at radius 1 is 1.40 bits per heavy atom. The molecule has 1 fully saturated rings. The number of carbonyl (C=O) groups excluding carboxylic acids is 1. The van der Waals surface area contributed by atoms with Crippen LogP contribution >= 0.6 is 0 Å². The van der Waals surface area contributed by atoms with Crippen LogP contribution in [-0.4, -0.2) is 35.3 Å². The molecule has 80 valence electrons. The van der Waals surface area contributed by atoms with Crippen LogP contribution in [0.2, 0.25) is 0 Å². The lowest BCUT2D eigenvalue weighted by Crippen LogP contribution is -2.26. The summed E-state index contributed by atoms with van der Waals surface area (Å²) in [5.41, 5.74) is 0.338. The molecule has 0 amide bonds. The molecule has 4 nitrogen and oxygen atoms in total. The number of nitrogens with zero attached hydrogens (tertiary/aromatic N) is 3. The number of aldehydes is 1. The Balaban J connectivity index is 2.14. The van der Waals surface area contributed by atoms with Gasteiger partial charge in [0.05, 0.1) is 12.1 Å².